The predicted molar refractivity (Wildman–Crippen MR) is 79.8 cm³/mol. The highest BCUT2D eigenvalue weighted by atomic mass is 79.9. The van der Waals surface area contributed by atoms with E-state index in [0.29, 0.717) is 0 Å². The van der Waals surface area contributed by atoms with E-state index in [1.54, 1.807) is 0 Å². The monoisotopic (exact) mass is 311 g/mol. The number of nitrogens with one attached hydrogen (secondary N) is 1. The molecule has 1 aromatic carbocycles. The highest BCUT2D eigenvalue weighted by molar-refractivity contribution is 9.10. The molecule has 0 spiro atoms. The van der Waals surface area contributed by atoms with Gasteiger partial charge in [0.1, 0.15) is 0 Å². The Bertz CT molecular complexity index is 364. The lowest BCUT2D eigenvalue weighted by Crippen LogP contribution is -2.45. The molecule has 0 aromatic heterocycles. The van der Waals surface area contributed by atoms with Gasteiger partial charge in [-0.05, 0) is 18.7 Å². The Balaban J connectivity index is 1.74. The van der Waals surface area contributed by atoms with Crippen LogP contribution in [0.15, 0.2) is 28.7 Å². The average molecular weight is 312 g/mol. The Hall–Kier alpha value is -0.420. The quantitative estimate of drug-likeness (QED) is 0.894. The number of hydrogen-bond donors (Lipinski definition) is 1. The number of nitrogens with zero attached hydrogens (tertiary/aromatic N) is 2. The maximum absolute atomic E-state index is 3.61. The maximum atomic E-state index is 3.61. The van der Waals surface area contributed by atoms with Crippen molar-refractivity contribution in [2.24, 2.45) is 0 Å². The van der Waals surface area contributed by atoms with Gasteiger partial charge in [-0.2, -0.15) is 0 Å². The fraction of sp³-hybridized carbons (Fsp3) is 0.571. The van der Waals surface area contributed by atoms with Gasteiger partial charge < -0.3 is 10.2 Å². The van der Waals surface area contributed by atoms with Crippen molar-refractivity contribution in [3.63, 3.8) is 0 Å². The molecule has 1 aliphatic heterocycles. The minimum absolute atomic E-state index is 1.01. The molecule has 100 valence electrons. The summed E-state index contributed by atoms with van der Waals surface area (Å²) in [5.41, 5.74) is 1.36. The normalized spacial score (nSPS) is 17.3. The molecule has 1 heterocycles. The van der Waals surface area contributed by atoms with Crippen LogP contribution in [-0.4, -0.2) is 56.1 Å². The van der Waals surface area contributed by atoms with Crippen LogP contribution in [0.3, 0.4) is 0 Å². The van der Waals surface area contributed by atoms with E-state index >= 15 is 0 Å². The van der Waals surface area contributed by atoms with Gasteiger partial charge in [0, 0.05) is 50.3 Å². The van der Waals surface area contributed by atoms with Crippen LogP contribution in [0.25, 0.3) is 0 Å². The van der Waals surface area contributed by atoms with Gasteiger partial charge in [-0.3, -0.25) is 4.90 Å². The molecule has 0 radical (unpaired) electrons. The molecule has 4 heteroatoms. The average Bonchev–Trinajstić information content (AvgIpc) is 2.40. The van der Waals surface area contributed by atoms with Crippen LogP contribution in [0.1, 0.15) is 5.56 Å². The van der Waals surface area contributed by atoms with Crippen LogP contribution in [0.5, 0.6) is 0 Å². The molecule has 1 saturated heterocycles. The Morgan fingerprint density at radius 3 is 2.72 bits per heavy atom. The van der Waals surface area contributed by atoms with Crippen molar-refractivity contribution >= 4 is 15.9 Å². The van der Waals surface area contributed by atoms with Crippen molar-refractivity contribution in [2.75, 3.05) is 46.3 Å². The zero-order chi connectivity index (χ0) is 12.8. The third kappa shape index (κ3) is 4.35. The van der Waals surface area contributed by atoms with Gasteiger partial charge in [-0.1, -0.05) is 34.1 Å². The molecule has 0 aliphatic carbocycles. The lowest BCUT2D eigenvalue weighted by molar-refractivity contribution is 0.202. The number of rotatable bonds is 5. The van der Waals surface area contributed by atoms with Gasteiger partial charge >= 0.3 is 0 Å². The molecular formula is C14H22BrN3. The molecule has 0 bridgehead atoms. The van der Waals surface area contributed by atoms with Crippen molar-refractivity contribution in [3.8, 4) is 0 Å². The first kappa shape index (κ1) is 14.0. The smallest absolute Gasteiger partial charge is 0.0242 e. The van der Waals surface area contributed by atoms with E-state index in [1.165, 1.54) is 29.7 Å². The fourth-order valence-electron chi connectivity index (χ4n) is 2.24. The zero-order valence-electron chi connectivity index (χ0n) is 11.0. The van der Waals surface area contributed by atoms with Gasteiger partial charge in [-0.15, -0.1) is 0 Å². The van der Waals surface area contributed by atoms with Crippen LogP contribution >= 0.6 is 15.9 Å². The third-order valence-corrected chi connectivity index (χ3v) is 4.18. The fourth-order valence-corrected chi connectivity index (χ4v) is 2.65. The van der Waals surface area contributed by atoms with Crippen LogP contribution in [-0.2, 0) is 6.54 Å². The van der Waals surface area contributed by atoms with E-state index in [2.05, 4.69) is 62.4 Å². The molecule has 1 aromatic rings. The summed E-state index contributed by atoms with van der Waals surface area (Å²) >= 11 is 3.61. The van der Waals surface area contributed by atoms with E-state index in [0.717, 1.165) is 26.2 Å². The van der Waals surface area contributed by atoms with Gasteiger partial charge in [0.15, 0.2) is 0 Å². The Labute approximate surface area is 118 Å². The van der Waals surface area contributed by atoms with Crippen LogP contribution in [0.4, 0.5) is 0 Å². The van der Waals surface area contributed by atoms with Crippen LogP contribution in [0, 0.1) is 0 Å². The summed E-state index contributed by atoms with van der Waals surface area (Å²) in [7, 11) is 2.20. The highest BCUT2D eigenvalue weighted by Gasteiger charge is 2.10. The van der Waals surface area contributed by atoms with E-state index in [9.17, 15) is 0 Å². The standard InChI is InChI=1S/C14H22BrN3/c1-17(10-11-18-8-6-16-7-9-18)12-13-4-2-3-5-14(13)15/h2-5,16H,6-12H2,1H3. The van der Waals surface area contributed by atoms with Gasteiger partial charge in [-0.25, -0.2) is 0 Å². The second-order valence-corrected chi connectivity index (χ2v) is 5.78. The Morgan fingerprint density at radius 1 is 1.28 bits per heavy atom. The minimum Gasteiger partial charge on any atom is -0.314 e. The largest absolute Gasteiger partial charge is 0.314 e. The van der Waals surface area contributed by atoms with Crippen molar-refractivity contribution in [1.82, 2.24) is 15.1 Å². The molecule has 3 nitrogen and oxygen atoms in total. The van der Waals surface area contributed by atoms with Crippen molar-refractivity contribution in [3.05, 3.63) is 34.3 Å². The molecule has 0 unspecified atom stereocenters. The number of piperazine rings is 1. The number of benzene rings is 1. The predicted octanol–water partition coefficient (Wildman–Crippen LogP) is 1.79. The van der Waals surface area contributed by atoms with Crippen LogP contribution in [0.2, 0.25) is 0 Å². The van der Waals surface area contributed by atoms with E-state index in [1.807, 2.05) is 0 Å². The summed E-state index contributed by atoms with van der Waals surface area (Å²) in [5, 5.41) is 3.39. The topological polar surface area (TPSA) is 18.5 Å². The van der Waals surface area contributed by atoms with Gasteiger partial charge in [0.05, 0.1) is 0 Å². The lowest BCUT2D eigenvalue weighted by atomic mass is 10.2. The minimum atomic E-state index is 1.01. The van der Waals surface area contributed by atoms with Gasteiger partial charge in [0.25, 0.3) is 0 Å². The molecule has 0 amide bonds. The summed E-state index contributed by atoms with van der Waals surface area (Å²) < 4.78 is 1.21. The summed E-state index contributed by atoms with van der Waals surface area (Å²) in [6, 6.07) is 8.46. The second kappa shape index (κ2) is 7.24. The number of hydrogen-bond acceptors (Lipinski definition) is 3. The zero-order valence-corrected chi connectivity index (χ0v) is 12.6. The number of halogens is 1. The summed E-state index contributed by atoms with van der Waals surface area (Å²) in [5.74, 6) is 0. The molecule has 1 aliphatic rings. The van der Waals surface area contributed by atoms with Crippen molar-refractivity contribution in [1.29, 1.82) is 0 Å². The molecule has 18 heavy (non-hydrogen) atoms. The highest BCUT2D eigenvalue weighted by Crippen LogP contribution is 2.17. The summed E-state index contributed by atoms with van der Waals surface area (Å²) in [4.78, 5) is 4.93. The lowest BCUT2D eigenvalue weighted by Gasteiger charge is -2.29. The molecule has 0 saturated carbocycles. The van der Waals surface area contributed by atoms with Crippen LogP contribution < -0.4 is 5.32 Å². The third-order valence-electron chi connectivity index (χ3n) is 3.41. The molecule has 2 rings (SSSR count). The van der Waals surface area contributed by atoms with E-state index in [-0.39, 0.29) is 0 Å². The van der Waals surface area contributed by atoms with Crippen molar-refractivity contribution < 1.29 is 0 Å². The molecule has 1 N–H and O–H groups in total. The molecular weight excluding hydrogens is 290 g/mol. The maximum Gasteiger partial charge on any atom is 0.0242 e. The second-order valence-electron chi connectivity index (χ2n) is 4.92. The number of likely N-dealkylation sites (N-methyl/N-ethyl adjacent to an activating group) is 1. The first-order valence-corrected chi connectivity index (χ1v) is 7.40. The molecule has 0 atom stereocenters. The van der Waals surface area contributed by atoms with Gasteiger partial charge in [0.2, 0.25) is 0 Å². The first-order chi connectivity index (χ1) is 8.75. The first-order valence-electron chi connectivity index (χ1n) is 6.61. The Kier molecular flexibility index (Phi) is 5.63. The van der Waals surface area contributed by atoms with E-state index in [4.69, 9.17) is 0 Å². The summed E-state index contributed by atoms with van der Waals surface area (Å²) in [6.07, 6.45) is 0. The SMILES string of the molecule is CN(CCN1CCNCC1)Cc1ccccc1Br. The van der Waals surface area contributed by atoms with Crippen molar-refractivity contribution in [2.45, 2.75) is 6.54 Å². The van der Waals surface area contributed by atoms with E-state index < -0.39 is 0 Å². The summed E-state index contributed by atoms with van der Waals surface area (Å²) in [6.45, 7) is 7.94. The molecule has 1 fully saturated rings. The Morgan fingerprint density at radius 2 is 2.00 bits per heavy atom.